The fourth-order valence-corrected chi connectivity index (χ4v) is 3.54. The summed E-state index contributed by atoms with van der Waals surface area (Å²) in [6.45, 7) is 5.37. The number of benzene rings is 1. The number of rotatable bonds is 8. The van der Waals surface area contributed by atoms with Crippen molar-refractivity contribution in [1.82, 2.24) is 15.1 Å². The van der Waals surface area contributed by atoms with Gasteiger partial charge in [-0.15, -0.1) is 0 Å². The molecule has 1 heterocycles. The summed E-state index contributed by atoms with van der Waals surface area (Å²) in [5, 5.41) is 7.63. The summed E-state index contributed by atoms with van der Waals surface area (Å²) >= 11 is 7.11. The van der Waals surface area contributed by atoms with Crippen LogP contribution in [0, 0.1) is 0 Å². The van der Waals surface area contributed by atoms with E-state index in [0.717, 1.165) is 40.8 Å². The number of nitrogens with zero attached hydrogens (tertiary/aromatic N) is 2. The molecule has 1 N–H and O–H groups in total. The summed E-state index contributed by atoms with van der Waals surface area (Å²) in [6, 6.07) is 6.13. The lowest BCUT2D eigenvalue weighted by Crippen LogP contribution is -2.16. The molecule has 0 unspecified atom stereocenters. The third kappa shape index (κ3) is 5.13. The van der Waals surface area contributed by atoms with E-state index >= 15 is 0 Å². The van der Waals surface area contributed by atoms with Gasteiger partial charge >= 0.3 is 0 Å². The van der Waals surface area contributed by atoms with E-state index in [-0.39, 0.29) is 0 Å². The maximum Gasteiger partial charge on any atom is 0.147 e. The van der Waals surface area contributed by atoms with E-state index in [1.807, 2.05) is 30.1 Å². The van der Waals surface area contributed by atoms with Gasteiger partial charge in [-0.2, -0.15) is 5.10 Å². The third-order valence-electron chi connectivity index (χ3n) is 2.98. The van der Waals surface area contributed by atoms with E-state index in [9.17, 15) is 0 Å². The first-order chi connectivity index (χ1) is 10.2. The minimum absolute atomic E-state index is 0.655. The summed E-state index contributed by atoms with van der Waals surface area (Å²) < 4.78 is 9.49. The summed E-state index contributed by atoms with van der Waals surface area (Å²) in [5.41, 5.74) is 1.22. The molecular formula is C15H19Br2N3O. The topological polar surface area (TPSA) is 39.1 Å². The molecule has 0 atom stereocenters. The van der Waals surface area contributed by atoms with Crippen LogP contribution in [-0.4, -0.2) is 22.9 Å². The standard InChI is InChI=1S/C15H19Br2N3O/c1-2-21-15-13(16)9-12(10-14(15)17)11-18-5-3-7-20-8-4-6-19-20/h4,6,8-10,18H,2-3,5,7,11H2,1H3. The molecular weight excluding hydrogens is 398 g/mol. The predicted octanol–water partition coefficient (Wildman–Crippen LogP) is 3.99. The van der Waals surface area contributed by atoms with Gasteiger partial charge in [0.05, 0.1) is 15.6 Å². The Kier molecular flexibility index (Phi) is 6.73. The fraction of sp³-hybridized carbons (Fsp3) is 0.400. The molecule has 0 saturated carbocycles. The molecule has 0 aliphatic carbocycles. The second-order valence-corrected chi connectivity index (χ2v) is 6.33. The molecule has 0 aliphatic rings. The highest BCUT2D eigenvalue weighted by Gasteiger charge is 2.08. The van der Waals surface area contributed by atoms with Gasteiger partial charge in [-0.25, -0.2) is 0 Å². The van der Waals surface area contributed by atoms with Crippen molar-refractivity contribution in [2.45, 2.75) is 26.4 Å². The largest absolute Gasteiger partial charge is 0.492 e. The SMILES string of the molecule is CCOc1c(Br)cc(CNCCCn2cccn2)cc1Br. The number of hydrogen-bond donors (Lipinski definition) is 1. The third-order valence-corrected chi connectivity index (χ3v) is 4.15. The van der Waals surface area contributed by atoms with Gasteiger partial charge in [0.2, 0.25) is 0 Å². The Bertz CT molecular complexity index is 535. The number of hydrogen-bond acceptors (Lipinski definition) is 3. The van der Waals surface area contributed by atoms with E-state index in [1.54, 1.807) is 0 Å². The molecule has 2 aromatic rings. The molecule has 0 radical (unpaired) electrons. The molecule has 0 aliphatic heterocycles. The number of aromatic nitrogens is 2. The first-order valence-corrected chi connectivity index (χ1v) is 8.58. The first-order valence-electron chi connectivity index (χ1n) is 6.99. The molecule has 0 bridgehead atoms. The molecule has 2 rings (SSSR count). The van der Waals surface area contributed by atoms with Crippen LogP contribution in [0.4, 0.5) is 0 Å². The van der Waals surface area contributed by atoms with Crippen LogP contribution < -0.4 is 10.1 Å². The molecule has 1 aromatic heterocycles. The quantitative estimate of drug-likeness (QED) is 0.661. The number of ether oxygens (including phenoxy) is 1. The Morgan fingerprint density at radius 2 is 2.05 bits per heavy atom. The van der Waals surface area contributed by atoms with Gasteiger partial charge in [0, 0.05) is 25.5 Å². The normalized spacial score (nSPS) is 10.8. The van der Waals surface area contributed by atoms with Crippen molar-refractivity contribution in [1.29, 1.82) is 0 Å². The minimum atomic E-state index is 0.655. The van der Waals surface area contributed by atoms with Crippen LogP contribution in [-0.2, 0) is 13.1 Å². The lowest BCUT2D eigenvalue weighted by atomic mass is 10.2. The van der Waals surface area contributed by atoms with Crippen LogP contribution in [0.25, 0.3) is 0 Å². The Balaban J connectivity index is 1.78. The van der Waals surface area contributed by atoms with Crippen molar-refractivity contribution in [2.24, 2.45) is 0 Å². The molecule has 1 aromatic carbocycles. The zero-order chi connectivity index (χ0) is 15.1. The van der Waals surface area contributed by atoms with Crippen molar-refractivity contribution in [3.05, 3.63) is 45.1 Å². The molecule has 6 heteroatoms. The zero-order valence-corrected chi connectivity index (χ0v) is 15.2. The van der Waals surface area contributed by atoms with Crippen molar-refractivity contribution in [3.8, 4) is 5.75 Å². The van der Waals surface area contributed by atoms with Gasteiger partial charge in [0.25, 0.3) is 0 Å². The highest BCUT2D eigenvalue weighted by atomic mass is 79.9. The predicted molar refractivity (Wildman–Crippen MR) is 91.6 cm³/mol. The summed E-state index contributed by atoms with van der Waals surface area (Å²) in [4.78, 5) is 0. The Labute approximate surface area is 142 Å². The number of aryl methyl sites for hydroxylation is 1. The lowest BCUT2D eigenvalue weighted by molar-refractivity contribution is 0.336. The fourth-order valence-electron chi connectivity index (χ4n) is 2.03. The lowest BCUT2D eigenvalue weighted by Gasteiger charge is -2.11. The average Bonchev–Trinajstić information content (AvgIpc) is 2.96. The van der Waals surface area contributed by atoms with Crippen LogP contribution in [0.3, 0.4) is 0 Å². The Hall–Kier alpha value is -0.850. The molecule has 21 heavy (non-hydrogen) atoms. The summed E-state index contributed by atoms with van der Waals surface area (Å²) in [7, 11) is 0. The van der Waals surface area contributed by atoms with E-state index in [2.05, 4.69) is 54.4 Å². The van der Waals surface area contributed by atoms with Crippen LogP contribution in [0.2, 0.25) is 0 Å². The van der Waals surface area contributed by atoms with E-state index < -0.39 is 0 Å². The van der Waals surface area contributed by atoms with Crippen molar-refractivity contribution >= 4 is 31.9 Å². The van der Waals surface area contributed by atoms with E-state index in [4.69, 9.17) is 4.74 Å². The maximum atomic E-state index is 5.58. The van der Waals surface area contributed by atoms with E-state index in [1.165, 1.54) is 5.56 Å². The second-order valence-electron chi connectivity index (χ2n) is 4.62. The number of nitrogens with one attached hydrogen (secondary N) is 1. The van der Waals surface area contributed by atoms with Crippen molar-refractivity contribution < 1.29 is 4.74 Å². The van der Waals surface area contributed by atoms with Gasteiger partial charge in [-0.3, -0.25) is 4.68 Å². The highest BCUT2D eigenvalue weighted by Crippen LogP contribution is 2.34. The summed E-state index contributed by atoms with van der Waals surface area (Å²) in [6.07, 6.45) is 4.85. The molecule has 4 nitrogen and oxygen atoms in total. The smallest absolute Gasteiger partial charge is 0.147 e. The maximum absolute atomic E-state index is 5.58. The minimum Gasteiger partial charge on any atom is -0.492 e. The van der Waals surface area contributed by atoms with Crippen LogP contribution >= 0.6 is 31.9 Å². The van der Waals surface area contributed by atoms with Gasteiger partial charge in [0.1, 0.15) is 5.75 Å². The van der Waals surface area contributed by atoms with Gasteiger partial charge in [-0.05, 0) is 75.5 Å². The first kappa shape index (κ1) is 16.5. The highest BCUT2D eigenvalue weighted by molar-refractivity contribution is 9.11. The Morgan fingerprint density at radius 3 is 2.67 bits per heavy atom. The van der Waals surface area contributed by atoms with Crippen molar-refractivity contribution in [3.63, 3.8) is 0 Å². The van der Waals surface area contributed by atoms with Gasteiger partial charge in [0.15, 0.2) is 0 Å². The number of halogens is 2. The van der Waals surface area contributed by atoms with Gasteiger partial charge in [-0.1, -0.05) is 0 Å². The molecule has 0 saturated heterocycles. The molecule has 114 valence electrons. The van der Waals surface area contributed by atoms with Crippen LogP contribution in [0.1, 0.15) is 18.9 Å². The van der Waals surface area contributed by atoms with Crippen LogP contribution in [0.15, 0.2) is 39.5 Å². The van der Waals surface area contributed by atoms with E-state index in [0.29, 0.717) is 6.61 Å². The molecule has 0 amide bonds. The monoisotopic (exact) mass is 415 g/mol. The summed E-state index contributed by atoms with van der Waals surface area (Å²) in [5.74, 6) is 0.861. The Morgan fingerprint density at radius 1 is 1.29 bits per heavy atom. The van der Waals surface area contributed by atoms with Crippen molar-refractivity contribution in [2.75, 3.05) is 13.2 Å². The second kappa shape index (κ2) is 8.56. The van der Waals surface area contributed by atoms with Gasteiger partial charge < -0.3 is 10.1 Å². The molecule has 0 spiro atoms. The average molecular weight is 417 g/mol. The zero-order valence-electron chi connectivity index (χ0n) is 12.0. The van der Waals surface area contributed by atoms with Crippen LogP contribution in [0.5, 0.6) is 5.75 Å². The molecule has 0 fully saturated rings.